The number of esters is 1. The third-order valence-electron chi connectivity index (χ3n) is 8.80. The quantitative estimate of drug-likeness (QED) is 0.270. The molecule has 1 fully saturated rings. The Morgan fingerprint density at radius 2 is 1.92 bits per heavy atom. The maximum atomic E-state index is 12.7. The van der Waals surface area contributed by atoms with E-state index >= 15 is 0 Å². The lowest BCUT2D eigenvalue weighted by molar-refractivity contribution is -0.385. The summed E-state index contributed by atoms with van der Waals surface area (Å²) < 4.78 is 10.1. The largest absolute Gasteiger partial charge is 0.490 e. The Hall–Kier alpha value is -3.42. The topological polar surface area (TPSA) is 108 Å². The van der Waals surface area contributed by atoms with E-state index in [0.29, 0.717) is 18.4 Å². The van der Waals surface area contributed by atoms with E-state index in [1.165, 1.54) is 35.9 Å². The summed E-state index contributed by atoms with van der Waals surface area (Å²) in [7, 11) is 1.31. The number of fused-ring (bicyclic) bond motifs is 3. The predicted molar refractivity (Wildman–Crippen MR) is 145 cm³/mol. The van der Waals surface area contributed by atoms with Crippen LogP contribution in [-0.4, -0.2) is 37.1 Å². The van der Waals surface area contributed by atoms with E-state index in [9.17, 15) is 19.7 Å². The van der Waals surface area contributed by atoms with Gasteiger partial charge in [0, 0.05) is 12.6 Å². The normalized spacial score (nSPS) is 24.2. The number of carbonyl (C=O) groups excluding carboxylic acids is 2. The maximum Gasteiger partial charge on any atom is 0.338 e. The number of ether oxygens (including phenoxy) is 2. The number of nitro groups is 1. The summed E-state index contributed by atoms with van der Waals surface area (Å²) in [5.74, 6) is -0.196. The smallest absolute Gasteiger partial charge is 0.338 e. The van der Waals surface area contributed by atoms with Crippen LogP contribution in [0.3, 0.4) is 0 Å². The van der Waals surface area contributed by atoms with E-state index in [0.717, 1.165) is 38.2 Å². The average Bonchev–Trinajstić information content (AvgIpc) is 2.89. The van der Waals surface area contributed by atoms with Crippen molar-refractivity contribution in [2.24, 2.45) is 11.3 Å². The number of rotatable bonds is 8. The molecule has 8 nitrogen and oxygen atoms in total. The van der Waals surface area contributed by atoms with Gasteiger partial charge in [-0.15, -0.1) is 0 Å². The van der Waals surface area contributed by atoms with Crippen LogP contribution in [0.1, 0.15) is 86.3 Å². The van der Waals surface area contributed by atoms with Gasteiger partial charge in [-0.2, -0.15) is 0 Å². The zero-order chi connectivity index (χ0) is 27.7. The molecule has 0 bridgehead atoms. The molecule has 4 rings (SSSR count). The first-order valence-electron chi connectivity index (χ1n) is 13.4. The molecular weight excluding hydrogens is 484 g/mol. The summed E-state index contributed by atoms with van der Waals surface area (Å²) in [6.07, 6.45) is 5.40. The van der Waals surface area contributed by atoms with Crippen molar-refractivity contribution < 1.29 is 24.0 Å². The van der Waals surface area contributed by atoms with Crippen LogP contribution in [0.4, 0.5) is 5.69 Å². The molecule has 0 aromatic heterocycles. The third-order valence-corrected chi connectivity index (χ3v) is 8.80. The minimum Gasteiger partial charge on any atom is -0.490 e. The third kappa shape index (κ3) is 5.26. The summed E-state index contributed by atoms with van der Waals surface area (Å²) in [6.45, 7) is 9.18. The average molecular weight is 523 g/mol. The van der Waals surface area contributed by atoms with Crippen LogP contribution in [0.5, 0.6) is 5.75 Å². The van der Waals surface area contributed by atoms with Gasteiger partial charge >= 0.3 is 11.7 Å². The van der Waals surface area contributed by atoms with Crippen LogP contribution in [0.2, 0.25) is 0 Å². The molecule has 1 saturated carbocycles. The molecule has 38 heavy (non-hydrogen) atoms. The molecule has 1 N–H and O–H groups in total. The van der Waals surface area contributed by atoms with Crippen LogP contribution in [0.25, 0.3) is 0 Å². The fraction of sp³-hybridized carbons (Fsp3) is 0.533. The highest BCUT2D eigenvalue weighted by atomic mass is 16.6. The highest BCUT2D eigenvalue weighted by Gasteiger charge is 2.51. The van der Waals surface area contributed by atoms with Crippen LogP contribution in [0, 0.1) is 21.4 Å². The number of carbonyl (C=O) groups is 2. The Balaban J connectivity index is 1.39. The molecule has 2 aromatic rings. The Morgan fingerprint density at radius 3 is 2.61 bits per heavy atom. The number of nitrogens with zero attached hydrogens (tertiary/aromatic N) is 1. The molecule has 8 heteroatoms. The minimum atomic E-state index is -0.799. The number of hydrogen-bond acceptors (Lipinski definition) is 6. The molecule has 3 unspecified atom stereocenters. The monoisotopic (exact) mass is 522 g/mol. The SMILES string of the molecule is COc1ccc(C(=O)OCC(=O)NCC2(C)CCCC3(C)c4ccc(C(C)C)cc4CCC23)cc1[N+](=O)[O-]. The lowest BCUT2D eigenvalue weighted by atomic mass is 9.49. The Morgan fingerprint density at radius 1 is 1.16 bits per heavy atom. The van der Waals surface area contributed by atoms with Crippen molar-refractivity contribution >= 4 is 17.6 Å². The molecule has 204 valence electrons. The second kappa shape index (κ2) is 10.8. The lowest BCUT2D eigenvalue weighted by Crippen LogP contribution is -2.53. The van der Waals surface area contributed by atoms with Gasteiger partial charge in [-0.25, -0.2) is 4.79 Å². The van der Waals surface area contributed by atoms with Gasteiger partial charge in [-0.05, 0) is 77.2 Å². The van der Waals surface area contributed by atoms with E-state index in [-0.39, 0.29) is 33.7 Å². The number of hydrogen-bond donors (Lipinski definition) is 1. The van der Waals surface area contributed by atoms with Crippen molar-refractivity contribution in [2.45, 2.75) is 71.1 Å². The Kier molecular flexibility index (Phi) is 7.81. The van der Waals surface area contributed by atoms with Crippen LogP contribution >= 0.6 is 0 Å². The van der Waals surface area contributed by atoms with Crippen molar-refractivity contribution in [3.8, 4) is 5.75 Å². The van der Waals surface area contributed by atoms with Gasteiger partial charge in [0.05, 0.1) is 17.6 Å². The second-order valence-electron chi connectivity index (χ2n) is 11.6. The molecule has 0 heterocycles. The van der Waals surface area contributed by atoms with Crippen molar-refractivity contribution in [2.75, 3.05) is 20.3 Å². The number of nitro benzene ring substituents is 1. The van der Waals surface area contributed by atoms with Crippen molar-refractivity contribution in [3.63, 3.8) is 0 Å². The molecule has 2 aliphatic rings. The van der Waals surface area contributed by atoms with Crippen LogP contribution < -0.4 is 10.1 Å². The molecule has 0 saturated heterocycles. The molecule has 0 radical (unpaired) electrons. The molecule has 1 amide bonds. The van der Waals surface area contributed by atoms with Crippen LogP contribution in [-0.2, 0) is 21.4 Å². The van der Waals surface area contributed by atoms with E-state index in [2.05, 4.69) is 51.2 Å². The maximum absolute atomic E-state index is 12.7. The molecular formula is C30H38N2O6. The standard InChI is InChI=1S/C30H38N2O6/c1-19(2)20-7-10-23-21(15-20)9-12-26-29(3,13-6-14-30(23,26)4)18-31-27(33)17-38-28(34)22-8-11-25(37-5)24(16-22)32(35)36/h7-8,10-11,15-16,19,26H,6,9,12-14,17-18H2,1-5H3,(H,31,33). The number of nitrogens with one attached hydrogen (secondary N) is 1. The fourth-order valence-electron chi connectivity index (χ4n) is 6.74. The first kappa shape index (κ1) is 27.6. The van der Waals surface area contributed by atoms with Gasteiger partial charge in [0.2, 0.25) is 0 Å². The van der Waals surface area contributed by atoms with Crippen molar-refractivity contribution in [3.05, 3.63) is 68.8 Å². The summed E-state index contributed by atoms with van der Waals surface area (Å²) in [5.41, 5.74) is 3.95. The van der Waals surface area contributed by atoms with E-state index in [1.807, 2.05) is 0 Å². The number of benzene rings is 2. The molecule has 3 atom stereocenters. The zero-order valence-corrected chi connectivity index (χ0v) is 23.0. The summed E-state index contributed by atoms with van der Waals surface area (Å²) >= 11 is 0. The fourth-order valence-corrected chi connectivity index (χ4v) is 6.74. The first-order valence-corrected chi connectivity index (χ1v) is 13.4. The van der Waals surface area contributed by atoms with Gasteiger partial charge in [-0.3, -0.25) is 14.9 Å². The minimum absolute atomic E-state index is 0.0122. The molecule has 0 aliphatic heterocycles. The van der Waals surface area contributed by atoms with E-state index in [4.69, 9.17) is 9.47 Å². The zero-order valence-electron chi connectivity index (χ0n) is 23.0. The van der Waals surface area contributed by atoms with Gasteiger partial charge in [0.25, 0.3) is 5.91 Å². The summed E-state index contributed by atoms with van der Waals surface area (Å²) in [4.78, 5) is 35.7. The summed E-state index contributed by atoms with van der Waals surface area (Å²) in [6, 6.07) is 10.8. The molecule has 2 aliphatic carbocycles. The van der Waals surface area contributed by atoms with Gasteiger partial charge in [-0.1, -0.05) is 52.3 Å². The Bertz CT molecular complexity index is 1240. The number of methoxy groups -OCH3 is 1. The van der Waals surface area contributed by atoms with E-state index < -0.39 is 17.5 Å². The summed E-state index contributed by atoms with van der Waals surface area (Å²) in [5, 5.41) is 14.2. The van der Waals surface area contributed by atoms with Crippen LogP contribution in [0.15, 0.2) is 36.4 Å². The van der Waals surface area contributed by atoms with Crippen molar-refractivity contribution in [1.29, 1.82) is 0 Å². The number of amides is 1. The number of aryl methyl sites for hydroxylation is 1. The molecule has 0 spiro atoms. The highest BCUT2D eigenvalue weighted by Crippen LogP contribution is 2.57. The highest BCUT2D eigenvalue weighted by molar-refractivity contribution is 5.92. The lowest BCUT2D eigenvalue weighted by Gasteiger charge is -2.55. The predicted octanol–water partition coefficient (Wildman–Crippen LogP) is 5.71. The van der Waals surface area contributed by atoms with Crippen molar-refractivity contribution in [1.82, 2.24) is 5.32 Å². The Labute approximate surface area is 224 Å². The second-order valence-corrected chi connectivity index (χ2v) is 11.6. The van der Waals surface area contributed by atoms with Gasteiger partial charge in [0.1, 0.15) is 0 Å². The first-order chi connectivity index (χ1) is 18.0. The van der Waals surface area contributed by atoms with Gasteiger partial charge < -0.3 is 14.8 Å². The molecule has 2 aromatic carbocycles. The van der Waals surface area contributed by atoms with Gasteiger partial charge in [0.15, 0.2) is 12.4 Å². The van der Waals surface area contributed by atoms with E-state index in [1.54, 1.807) is 0 Å².